The highest BCUT2D eigenvalue weighted by atomic mass is 32.2. The minimum atomic E-state index is -0.0973. The maximum Gasteiger partial charge on any atom is 0.238 e. The number of ether oxygens (including phenoxy) is 1. The van der Waals surface area contributed by atoms with E-state index in [1.54, 1.807) is 18.9 Å². The highest BCUT2D eigenvalue weighted by molar-refractivity contribution is 8.00. The molecule has 5 nitrogen and oxygen atoms in total. The third-order valence-electron chi connectivity index (χ3n) is 4.91. The molecule has 1 aliphatic heterocycles. The van der Waals surface area contributed by atoms with Crippen LogP contribution < -0.4 is 15.0 Å². The summed E-state index contributed by atoms with van der Waals surface area (Å²) in [4.78, 5) is 26.6. The number of hydrogen-bond donors (Lipinski definition) is 1. The van der Waals surface area contributed by atoms with Crippen LogP contribution in [0.5, 0.6) is 5.75 Å². The Morgan fingerprint density at radius 3 is 2.40 bits per heavy atom. The van der Waals surface area contributed by atoms with E-state index in [0.717, 1.165) is 28.3 Å². The molecule has 1 heterocycles. The number of amides is 2. The molecule has 1 fully saturated rings. The van der Waals surface area contributed by atoms with Crippen molar-refractivity contribution >= 4 is 35.0 Å². The molecule has 0 spiro atoms. The van der Waals surface area contributed by atoms with Gasteiger partial charge in [-0.05, 0) is 47.5 Å². The number of carbonyl (C=O) groups excluding carboxylic acids is 2. The molecule has 2 amide bonds. The minimum absolute atomic E-state index is 0.0563. The maximum absolute atomic E-state index is 12.5. The van der Waals surface area contributed by atoms with E-state index in [1.165, 1.54) is 0 Å². The number of methoxy groups -OCH3 is 1. The average Bonchev–Trinajstić information content (AvgIpc) is 3.16. The largest absolute Gasteiger partial charge is 0.497 e. The summed E-state index contributed by atoms with van der Waals surface area (Å²) in [6.07, 6.45) is 0.334. The molecule has 1 saturated heterocycles. The number of thioether (sulfide) groups is 1. The molecule has 0 bridgehead atoms. The van der Waals surface area contributed by atoms with Crippen LogP contribution >= 0.6 is 11.8 Å². The second-order valence-electron chi connectivity index (χ2n) is 6.96. The predicted molar refractivity (Wildman–Crippen MR) is 121 cm³/mol. The molecule has 1 N–H and O–H groups in total. The predicted octanol–water partition coefficient (Wildman–Crippen LogP) is 4.66. The highest BCUT2D eigenvalue weighted by Gasteiger charge is 2.34. The van der Waals surface area contributed by atoms with E-state index in [9.17, 15) is 9.59 Å². The van der Waals surface area contributed by atoms with Gasteiger partial charge in [0.15, 0.2) is 0 Å². The second kappa shape index (κ2) is 9.05. The number of carbonyl (C=O) groups is 2. The van der Waals surface area contributed by atoms with E-state index in [0.29, 0.717) is 12.2 Å². The van der Waals surface area contributed by atoms with E-state index in [2.05, 4.69) is 5.32 Å². The molecule has 1 atom stereocenters. The van der Waals surface area contributed by atoms with Crippen LogP contribution in [0.15, 0.2) is 78.9 Å². The van der Waals surface area contributed by atoms with Crippen LogP contribution in [0.1, 0.15) is 16.5 Å². The number of nitrogens with zero attached hydrogens (tertiary/aromatic N) is 1. The Kier molecular flexibility index (Phi) is 6.05. The molecule has 0 aliphatic carbocycles. The topological polar surface area (TPSA) is 58.6 Å². The summed E-state index contributed by atoms with van der Waals surface area (Å²) in [5, 5.41) is 2.84. The zero-order chi connectivity index (χ0) is 20.9. The maximum atomic E-state index is 12.5. The third kappa shape index (κ3) is 4.49. The summed E-state index contributed by atoms with van der Waals surface area (Å²) >= 11 is 1.60. The molecule has 3 aromatic rings. The highest BCUT2D eigenvalue weighted by Crippen LogP contribution is 2.42. The van der Waals surface area contributed by atoms with E-state index >= 15 is 0 Å². The van der Waals surface area contributed by atoms with Crippen LogP contribution in [0, 0.1) is 0 Å². The molecule has 3 aromatic carbocycles. The van der Waals surface area contributed by atoms with E-state index in [4.69, 9.17) is 4.74 Å². The molecular weight excluding hydrogens is 396 g/mol. The fourth-order valence-electron chi connectivity index (χ4n) is 3.41. The van der Waals surface area contributed by atoms with Gasteiger partial charge in [0.1, 0.15) is 11.1 Å². The van der Waals surface area contributed by atoms with Gasteiger partial charge in [-0.1, -0.05) is 42.5 Å². The van der Waals surface area contributed by atoms with Crippen LogP contribution in [0.25, 0.3) is 0 Å². The van der Waals surface area contributed by atoms with Crippen molar-refractivity contribution in [3.05, 3.63) is 90.0 Å². The standard InChI is InChI=1S/C24H22N2O3S/c1-29-21-13-11-20(12-14-21)26-23(28)16-30-24(26)18-7-9-19(10-8-18)25-22(27)15-17-5-3-2-4-6-17/h2-14,24H,15-16H2,1H3,(H,25,27). The molecule has 1 aliphatic rings. The lowest BCUT2D eigenvalue weighted by Gasteiger charge is -2.24. The van der Waals surface area contributed by atoms with Crippen LogP contribution in [-0.2, 0) is 16.0 Å². The average molecular weight is 419 g/mol. The first-order valence-corrected chi connectivity index (χ1v) is 10.7. The molecule has 4 rings (SSSR count). The lowest BCUT2D eigenvalue weighted by atomic mass is 10.1. The Bertz CT molecular complexity index is 1020. The van der Waals surface area contributed by atoms with Crippen molar-refractivity contribution < 1.29 is 14.3 Å². The van der Waals surface area contributed by atoms with Gasteiger partial charge in [0.05, 0.1) is 19.3 Å². The van der Waals surface area contributed by atoms with Gasteiger partial charge in [0.25, 0.3) is 0 Å². The minimum Gasteiger partial charge on any atom is -0.497 e. The molecular formula is C24H22N2O3S. The van der Waals surface area contributed by atoms with Gasteiger partial charge in [-0.15, -0.1) is 11.8 Å². The van der Waals surface area contributed by atoms with Gasteiger partial charge in [-0.2, -0.15) is 0 Å². The number of nitrogens with one attached hydrogen (secondary N) is 1. The SMILES string of the molecule is COc1ccc(N2C(=O)CSC2c2ccc(NC(=O)Cc3ccccc3)cc2)cc1. The summed E-state index contributed by atoms with van der Waals surface area (Å²) in [6.45, 7) is 0. The lowest BCUT2D eigenvalue weighted by Crippen LogP contribution is -2.27. The van der Waals surface area contributed by atoms with Crippen molar-refractivity contribution in [1.82, 2.24) is 0 Å². The van der Waals surface area contributed by atoms with Crippen LogP contribution in [-0.4, -0.2) is 24.7 Å². The lowest BCUT2D eigenvalue weighted by molar-refractivity contribution is -0.116. The van der Waals surface area contributed by atoms with Gasteiger partial charge in [0.2, 0.25) is 11.8 Å². The molecule has 30 heavy (non-hydrogen) atoms. The molecule has 0 saturated carbocycles. The number of rotatable bonds is 6. The van der Waals surface area contributed by atoms with Crippen molar-refractivity contribution in [2.24, 2.45) is 0 Å². The van der Waals surface area contributed by atoms with Gasteiger partial charge in [-0.25, -0.2) is 0 Å². The summed E-state index contributed by atoms with van der Waals surface area (Å²) in [5.74, 6) is 1.21. The Labute approximate surface area is 180 Å². The normalized spacial score (nSPS) is 15.8. The number of anilines is 2. The van der Waals surface area contributed by atoms with Gasteiger partial charge in [0, 0.05) is 11.4 Å². The van der Waals surface area contributed by atoms with Crippen LogP contribution in [0.3, 0.4) is 0 Å². The Hall–Kier alpha value is -3.25. The smallest absolute Gasteiger partial charge is 0.238 e. The second-order valence-corrected chi connectivity index (χ2v) is 8.03. The quantitative estimate of drug-likeness (QED) is 0.633. The summed E-state index contributed by atoms with van der Waals surface area (Å²) < 4.78 is 5.21. The van der Waals surface area contributed by atoms with Gasteiger partial charge >= 0.3 is 0 Å². The summed E-state index contributed by atoms with van der Waals surface area (Å²) in [6, 6.07) is 24.8. The van der Waals surface area contributed by atoms with Crippen LogP contribution in [0.4, 0.5) is 11.4 Å². The first-order valence-electron chi connectivity index (χ1n) is 9.65. The molecule has 6 heteroatoms. The summed E-state index contributed by atoms with van der Waals surface area (Å²) in [7, 11) is 1.62. The van der Waals surface area contributed by atoms with Crippen molar-refractivity contribution in [3.8, 4) is 5.75 Å². The van der Waals surface area contributed by atoms with Crippen molar-refractivity contribution in [3.63, 3.8) is 0 Å². The van der Waals surface area contributed by atoms with Crippen molar-refractivity contribution in [2.75, 3.05) is 23.1 Å². The zero-order valence-electron chi connectivity index (χ0n) is 16.6. The number of hydrogen-bond acceptors (Lipinski definition) is 4. The molecule has 0 radical (unpaired) electrons. The summed E-state index contributed by atoms with van der Waals surface area (Å²) in [5.41, 5.74) is 3.58. The van der Waals surface area contributed by atoms with Gasteiger partial charge < -0.3 is 10.1 Å². The zero-order valence-corrected chi connectivity index (χ0v) is 17.4. The van der Waals surface area contributed by atoms with Gasteiger partial charge in [-0.3, -0.25) is 14.5 Å². The fourth-order valence-corrected chi connectivity index (χ4v) is 4.59. The molecule has 152 valence electrons. The third-order valence-corrected chi connectivity index (χ3v) is 6.12. The van der Waals surface area contributed by atoms with Crippen molar-refractivity contribution in [1.29, 1.82) is 0 Å². The first-order chi connectivity index (χ1) is 14.6. The number of benzene rings is 3. The van der Waals surface area contributed by atoms with E-state index < -0.39 is 0 Å². The molecule has 0 aromatic heterocycles. The van der Waals surface area contributed by atoms with Crippen LogP contribution in [0.2, 0.25) is 0 Å². The fraction of sp³-hybridized carbons (Fsp3) is 0.167. The first kappa shape index (κ1) is 20.0. The monoisotopic (exact) mass is 418 g/mol. The Morgan fingerprint density at radius 1 is 1.03 bits per heavy atom. The van der Waals surface area contributed by atoms with Crippen molar-refractivity contribution in [2.45, 2.75) is 11.8 Å². The Balaban J connectivity index is 1.45. The Morgan fingerprint density at radius 2 is 1.73 bits per heavy atom. The van der Waals surface area contributed by atoms with E-state index in [1.807, 2.05) is 83.8 Å². The molecule has 1 unspecified atom stereocenters. The van der Waals surface area contributed by atoms with E-state index in [-0.39, 0.29) is 17.2 Å².